The highest BCUT2D eigenvalue weighted by molar-refractivity contribution is 5.96. The van der Waals surface area contributed by atoms with Crippen molar-refractivity contribution in [1.29, 1.82) is 0 Å². The van der Waals surface area contributed by atoms with Crippen LogP contribution in [0, 0.1) is 29.1 Å². The van der Waals surface area contributed by atoms with Crippen molar-refractivity contribution < 1.29 is 19.5 Å². The molecule has 0 aromatic rings. The number of nitrogens with one attached hydrogen (secondary N) is 2. The molecule has 0 bridgehead atoms. The highest BCUT2D eigenvalue weighted by Gasteiger charge is 2.56. The van der Waals surface area contributed by atoms with Gasteiger partial charge in [-0.05, 0) is 31.6 Å². The molecule has 1 aliphatic heterocycles. The fourth-order valence-corrected chi connectivity index (χ4v) is 5.28. The van der Waals surface area contributed by atoms with E-state index in [2.05, 4.69) is 31.4 Å². The number of hydrogen-bond donors (Lipinski definition) is 3. The lowest BCUT2D eigenvalue weighted by molar-refractivity contribution is -0.141. The van der Waals surface area contributed by atoms with Gasteiger partial charge in [-0.25, -0.2) is 0 Å². The maximum atomic E-state index is 13.3. The van der Waals surface area contributed by atoms with Gasteiger partial charge in [0.25, 0.3) is 0 Å². The number of carbonyl (C=O) groups is 3. The number of hydrogen-bond acceptors (Lipinski definition) is 4. The van der Waals surface area contributed by atoms with Gasteiger partial charge in [0.2, 0.25) is 17.7 Å². The van der Waals surface area contributed by atoms with E-state index in [1.54, 1.807) is 7.05 Å². The summed E-state index contributed by atoms with van der Waals surface area (Å²) in [4.78, 5) is 40.6. The average molecular weight is 408 g/mol. The molecule has 164 valence electrons. The van der Waals surface area contributed by atoms with Gasteiger partial charge in [0.1, 0.15) is 6.04 Å². The standard InChI is InChI=1S/C22H37N3O4/c1-13-8-9-14-16(15(13)18(27)23-7)20(29)25(10-11-26)17(14)19(28)24-22(5,6)12-21(2,3)4/h8-9,13-17,26H,10-12H2,1-7H3,(H,23,27)(H,24,28)/t13-,14+,15-,16-,17+/m1/s1. The minimum atomic E-state index is -0.727. The highest BCUT2D eigenvalue weighted by Crippen LogP contribution is 2.44. The SMILES string of the molecule is CNC(=O)[C@H]1[C@@H]2C(=O)N(CCO)[C@H](C(=O)NC(C)(C)CC(C)(C)C)[C@H]2C=C[C@H]1C. The number of carbonyl (C=O) groups excluding carboxylic acids is 3. The van der Waals surface area contributed by atoms with Crippen LogP contribution in [0.2, 0.25) is 0 Å². The predicted octanol–water partition coefficient (Wildman–Crippen LogP) is 1.32. The molecule has 0 radical (unpaired) electrons. The molecule has 5 atom stereocenters. The quantitative estimate of drug-likeness (QED) is 0.578. The normalized spacial score (nSPS) is 29.6. The van der Waals surface area contributed by atoms with Gasteiger partial charge in [-0.1, -0.05) is 39.8 Å². The molecule has 1 heterocycles. The van der Waals surface area contributed by atoms with Gasteiger partial charge >= 0.3 is 0 Å². The van der Waals surface area contributed by atoms with Crippen LogP contribution >= 0.6 is 0 Å². The average Bonchev–Trinajstić information content (AvgIpc) is 2.84. The Balaban J connectivity index is 2.36. The Kier molecular flexibility index (Phi) is 6.82. The van der Waals surface area contributed by atoms with Crippen molar-refractivity contribution in [2.45, 2.75) is 59.5 Å². The van der Waals surface area contributed by atoms with Crippen molar-refractivity contribution in [2.24, 2.45) is 29.1 Å². The third-order valence-electron chi connectivity index (χ3n) is 5.87. The first-order chi connectivity index (χ1) is 13.3. The molecule has 7 heteroatoms. The third kappa shape index (κ3) is 5.00. The minimum absolute atomic E-state index is 0.0279. The molecule has 1 fully saturated rings. The lowest BCUT2D eigenvalue weighted by Crippen LogP contribution is -2.54. The number of aliphatic hydroxyl groups excluding tert-OH is 1. The Labute approximate surface area is 174 Å². The van der Waals surface area contributed by atoms with Crippen molar-refractivity contribution in [2.75, 3.05) is 20.2 Å². The van der Waals surface area contributed by atoms with E-state index in [0.717, 1.165) is 6.42 Å². The van der Waals surface area contributed by atoms with Crippen LogP contribution in [0.4, 0.5) is 0 Å². The molecule has 0 aromatic carbocycles. The summed E-state index contributed by atoms with van der Waals surface area (Å²) in [5, 5.41) is 15.3. The van der Waals surface area contributed by atoms with Gasteiger partial charge in [-0.15, -0.1) is 0 Å². The van der Waals surface area contributed by atoms with Crippen molar-refractivity contribution in [3.05, 3.63) is 12.2 Å². The van der Waals surface area contributed by atoms with Crippen molar-refractivity contribution in [3.63, 3.8) is 0 Å². The molecular formula is C22H37N3O4. The number of nitrogens with zero attached hydrogens (tertiary/aromatic N) is 1. The second-order valence-corrected chi connectivity index (χ2v) is 10.3. The summed E-state index contributed by atoms with van der Waals surface area (Å²) in [5.74, 6) is -2.27. The van der Waals surface area contributed by atoms with Gasteiger partial charge in [0.05, 0.1) is 18.4 Å². The van der Waals surface area contributed by atoms with Crippen LogP contribution in [0.5, 0.6) is 0 Å². The fourth-order valence-electron chi connectivity index (χ4n) is 5.28. The number of fused-ring (bicyclic) bond motifs is 1. The van der Waals surface area contributed by atoms with Gasteiger partial charge in [0, 0.05) is 25.0 Å². The molecule has 1 saturated heterocycles. The zero-order valence-corrected chi connectivity index (χ0v) is 18.8. The van der Waals surface area contributed by atoms with Crippen molar-refractivity contribution >= 4 is 17.7 Å². The summed E-state index contributed by atoms with van der Waals surface area (Å²) in [5.41, 5.74) is -0.423. The number of aliphatic hydroxyl groups is 1. The molecule has 29 heavy (non-hydrogen) atoms. The molecule has 0 unspecified atom stereocenters. The first-order valence-corrected chi connectivity index (χ1v) is 10.5. The van der Waals surface area contributed by atoms with E-state index < -0.39 is 29.3 Å². The van der Waals surface area contributed by atoms with Gasteiger partial charge in [-0.3, -0.25) is 14.4 Å². The van der Waals surface area contributed by atoms with E-state index in [1.807, 2.05) is 32.9 Å². The van der Waals surface area contributed by atoms with Crippen LogP contribution in [-0.2, 0) is 14.4 Å². The van der Waals surface area contributed by atoms with Crippen LogP contribution in [-0.4, -0.2) is 59.5 Å². The Morgan fingerprint density at radius 2 is 1.76 bits per heavy atom. The molecule has 0 aromatic heterocycles. The number of allylic oxidation sites excluding steroid dienone is 1. The number of amides is 3. The molecule has 2 aliphatic rings. The number of likely N-dealkylation sites (tertiary alicyclic amines) is 1. The minimum Gasteiger partial charge on any atom is -0.395 e. The summed E-state index contributed by atoms with van der Waals surface area (Å²) in [6, 6.07) is -0.727. The Morgan fingerprint density at radius 1 is 1.14 bits per heavy atom. The molecular weight excluding hydrogens is 370 g/mol. The van der Waals surface area contributed by atoms with Crippen LogP contribution in [0.3, 0.4) is 0 Å². The maximum Gasteiger partial charge on any atom is 0.243 e. The lowest BCUT2D eigenvalue weighted by atomic mass is 9.70. The Hall–Kier alpha value is -1.89. The summed E-state index contributed by atoms with van der Waals surface area (Å²) < 4.78 is 0. The zero-order chi connectivity index (χ0) is 22.1. The predicted molar refractivity (Wildman–Crippen MR) is 112 cm³/mol. The number of rotatable bonds is 6. The van der Waals surface area contributed by atoms with Gasteiger partial charge < -0.3 is 20.6 Å². The van der Waals surface area contributed by atoms with E-state index in [9.17, 15) is 19.5 Å². The van der Waals surface area contributed by atoms with Crippen LogP contribution in [0.25, 0.3) is 0 Å². The van der Waals surface area contributed by atoms with Crippen molar-refractivity contribution in [3.8, 4) is 0 Å². The van der Waals surface area contributed by atoms with E-state index in [4.69, 9.17) is 0 Å². The lowest BCUT2D eigenvalue weighted by Gasteiger charge is -2.36. The third-order valence-corrected chi connectivity index (χ3v) is 5.87. The monoisotopic (exact) mass is 407 g/mol. The summed E-state index contributed by atoms with van der Waals surface area (Å²) in [7, 11) is 1.56. The first kappa shape index (κ1) is 23.4. The van der Waals surface area contributed by atoms with Crippen LogP contribution < -0.4 is 10.6 Å². The number of β-amino-alcohol motifs (C(OH)–C–C–N with tert-alkyl or cyclic N) is 1. The second-order valence-electron chi connectivity index (χ2n) is 10.3. The van der Waals surface area contributed by atoms with Crippen LogP contribution in [0.15, 0.2) is 12.2 Å². The summed E-state index contributed by atoms with van der Waals surface area (Å²) in [6.45, 7) is 12.1. The van der Waals surface area contributed by atoms with E-state index in [1.165, 1.54) is 4.90 Å². The maximum absolute atomic E-state index is 13.3. The largest absolute Gasteiger partial charge is 0.395 e. The molecule has 0 spiro atoms. The Bertz CT molecular complexity index is 680. The van der Waals surface area contributed by atoms with Gasteiger partial charge in [-0.2, -0.15) is 0 Å². The molecule has 3 amide bonds. The highest BCUT2D eigenvalue weighted by atomic mass is 16.3. The zero-order valence-electron chi connectivity index (χ0n) is 18.8. The molecule has 2 rings (SSSR count). The topological polar surface area (TPSA) is 98.7 Å². The Morgan fingerprint density at radius 3 is 2.28 bits per heavy atom. The van der Waals surface area contributed by atoms with Gasteiger partial charge in [0.15, 0.2) is 0 Å². The molecule has 0 saturated carbocycles. The summed E-state index contributed by atoms with van der Waals surface area (Å²) >= 11 is 0. The smallest absolute Gasteiger partial charge is 0.243 e. The van der Waals surface area contributed by atoms with E-state index in [-0.39, 0.29) is 42.2 Å². The van der Waals surface area contributed by atoms with E-state index in [0.29, 0.717) is 0 Å². The second kappa shape index (κ2) is 8.46. The van der Waals surface area contributed by atoms with Crippen LogP contribution in [0.1, 0.15) is 48.0 Å². The molecule has 3 N–H and O–H groups in total. The van der Waals surface area contributed by atoms with E-state index >= 15 is 0 Å². The fraction of sp³-hybridized carbons (Fsp3) is 0.773. The first-order valence-electron chi connectivity index (χ1n) is 10.5. The van der Waals surface area contributed by atoms with Crippen molar-refractivity contribution in [1.82, 2.24) is 15.5 Å². The molecule has 1 aliphatic carbocycles. The summed E-state index contributed by atoms with van der Waals surface area (Å²) in [6.07, 6.45) is 4.61. The molecule has 7 nitrogen and oxygen atoms in total.